The van der Waals surface area contributed by atoms with Gasteiger partial charge in [-0.3, -0.25) is 4.79 Å². The number of carbonyl (C=O) groups is 1. The first-order valence-corrected chi connectivity index (χ1v) is 7.10. The van der Waals surface area contributed by atoms with Crippen molar-refractivity contribution in [1.29, 1.82) is 0 Å². The third kappa shape index (κ3) is 2.58. The van der Waals surface area contributed by atoms with Gasteiger partial charge in [0.05, 0.1) is 10.7 Å². The molecule has 2 aromatic heterocycles. The molecule has 0 saturated heterocycles. The molecule has 0 unspecified atom stereocenters. The molecule has 0 spiro atoms. The fraction of sp³-hybridized carbons (Fsp3) is 0.357. The topological polar surface area (TPSA) is 63.1 Å². The Morgan fingerprint density at radius 2 is 2.19 bits per heavy atom. The van der Waals surface area contributed by atoms with Gasteiger partial charge in [0.25, 0.3) is 5.91 Å². The van der Waals surface area contributed by atoms with Crippen molar-refractivity contribution in [2.45, 2.75) is 13.0 Å². The number of fused-ring (bicyclic) bond motifs is 1. The van der Waals surface area contributed by atoms with Crippen LogP contribution in [0.15, 0.2) is 18.3 Å². The Bertz CT molecular complexity index is 697. The van der Waals surface area contributed by atoms with Crippen LogP contribution in [0.3, 0.4) is 0 Å². The molecule has 6 nitrogen and oxygen atoms in total. The van der Waals surface area contributed by atoms with E-state index in [1.165, 1.54) is 0 Å². The Kier molecular flexibility index (Phi) is 3.55. The van der Waals surface area contributed by atoms with E-state index in [1.807, 2.05) is 18.0 Å². The first-order valence-electron chi connectivity index (χ1n) is 6.73. The zero-order chi connectivity index (χ0) is 15.0. The van der Waals surface area contributed by atoms with Crippen LogP contribution in [0.25, 0.3) is 0 Å². The molecule has 1 N–H and O–H groups in total. The van der Waals surface area contributed by atoms with Crippen LogP contribution in [0.2, 0.25) is 5.02 Å². The number of nitrogens with zero attached hydrogens (tertiary/aromatic N) is 4. The van der Waals surface area contributed by atoms with Crippen molar-refractivity contribution >= 4 is 23.3 Å². The highest BCUT2D eigenvalue weighted by Crippen LogP contribution is 2.22. The van der Waals surface area contributed by atoms with Gasteiger partial charge in [0.2, 0.25) is 0 Å². The Labute approximate surface area is 127 Å². The standard InChI is InChI=1S/C14H16ClN5O/c1-16-13-5-9-7-20(4-3-11(9)17-18-13)14(21)12-6-10(15)8-19(12)2/h5-6,8H,3-4,7H2,1-2H3,(H,16,18). The highest BCUT2D eigenvalue weighted by Gasteiger charge is 2.25. The smallest absolute Gasteiger partial charge is 0.270 e. The minimum absolute atomic E-state index is 0.0159. The summed E-state index contributed by atoms with van der Waals surface area (Å²) in [6.07, 6.45) is 2.45. The molecule has 0 aromatic carbocycles. The number of carbonyl (C=O) groups excluding carboxylic acids is 1. The molecule has 0 fully saturated rings. The lowest BCUT2D eigenvalue weighted by molar-refractivity contribution is 0.0723. The monoisotopic (exact) mass is 305 g/mol. The van der Waals surface area contributed by atoms with Crippen LogP contribution >= 0.6 is 11.6 Å². The minimum atomic E-state index is -0.0159. The van der Waals surface area contributed by atoms with Gasteiger partial charge in [-0.1, -0.05) is 11.6 Å². The average Bonchev–Trinajstić information content (AvgIpc) is 2.84. The molecule has 0 bridgehead atoms. The van der Waals surface area contributed by atoms with Gasteiger partial charge in [0.15, 0.2) is 0 Å². The van der Waals surface area contributed by atoms with Gasteiger partial charge in [-0.05, 0) is 17.7 Å². The molecule has 0 atom stereocenters. The van der Waals surface area contributed by atoms with E-state index < -0.39 is 0 Å². The van der Waals surface area contributed by atoms with Crippen LogP contribution in [0.4, 0.5) is 5.82 Å². The fourth-order valence-corrected chi connectivity index (χ4v) is 2.77. The van der Waals surface area contributed by atoms with Gasteiger partial charge < -0.3 is 14.8 Å². The van der Waals surface area contributed by atoms with E-state index in [0.29, 0.717) is 29.6 Å². The molecular formula is C14H16ClN5O. The van der Waals surface area contributed by atoms with Gasteiger partial charge in [0, 0.05) is 39.8 Å². The zero-order valence-electron chi connectivity index (χ0n) is 11.9. The van der Waals surface area contributed by atoms with Crippen molar-refractivity contribution in [2.24, 2.45) is 7.05 Å². The number of anilines is 1. The Hall–Kier alpha value is -2.08. The van der Waals surface area contributed by atoms with E-state index in [1.54, 1.807) is 23.9 Å². The van der Waals surface area contributed by atoms with Gasteiger partial charge in [-0.25, -0.2) is 0 Å². The van der Waals surface area contributed by atoms with Crippen molar-refractivity contribution in [3.8, 4) is 0 Å². The maximum atomic E-state index is 12.6. The second-order valence-electron chi connectivity index (χ2n) is 5.08. The van der Waals surface area contributed by atoms with Crippen LogP contribution < -0.4 is 5.32 Å². The van der Waals surface area contributed by atoms with Crippen molar-refractivity contribution in [3.05, 3.63) is 40.3 Å². The number of aryl methyl sites for hydroxylation is 1. The lowest BCUT2D eigenvalue weighted by Gasteiger charge is -2.28. The summed E-state index contributed by atoms with van der Waals surface area (Å²) in [4.78, 5) is 14.4. The lowest BCUT2D eigenvalue weighted by Crippen LogP contribution is -2.37. The van der Waals surface area contributed by atoms with E-state index in [-0.39, 0.29) is 5.91 Å². The third-order valence-corrected chi connectivity index (χ3v) is 3.88. The van der Waals surface area contributed by atoms with Crippen LogP contribution in [0, 0.1) is 0 Å². The predicted octanol–water partition coefficient (Wildman–Crippen LogP) is 1.71. The van der Waals surface area contributed by atoms with E-state index >= 15 is 0 Å². The van der Waals surface area contributed by atoms with Gasteiger partial charge in [-0.15, -0.1) is 5.10 Å². The summed E-state index contributed by atoms with van der Waals surface area (Å²) < 4.78 is 1.75. The normalized spacial score (nSPS) is 14.0. The van der Waals surface area contributed by atoms with Crippen molar-refractivity contribution < 1.29 is 4.79 Å². The average molecular weight is 306 g/mol. The van der Waals surface area contributed by atoms with Gasteiger partial charge >= 0.3 is 0 Å². The molecule has 21 heavy (non-hydrogen) atoms. The Balaban J connectivity index is 1.85. The molecule has 3 rings (SSSR count). The molecule has 1 amide bonds. The van der Waals surface area contributed by atoms with Crippen LogP contribution in [0.5, 0.6) is 0 Å². The van der Waals surface area contributed by atoms with Crippen LogP contribution in [-0.4, -0.2) is 39.2 Å². The summed E-state index contributed by atoms with van der Waals surface area (Å²) in [7, 11) is 3.62. The molecule has 3 heterocycles. The molecule has 0 aliphatic carbocycles. The molecule has 110 valence electrons. The fourth-order valence-electron chi connectivity index (χ4n) is 2.52. The molecule has 7 heteroatoms. The molecule has 0 radical (unpaired) electrons. The maximum absolute atomic E-state index is 12.6. The number of amides is 1. The van der Waals surface area contributed by atoms with E-state index in [4.69, 9.17) is 11.6 Å². The van der Waals surface area contributed by atoms with Gasteiger partial charge in [0.1, 0.15) is 11.5 Å². The quantitative estimate of drug-likeness (QED) is 0.917. The van der Waals surface area contributed by atoms with E-state index in [2.05, 4.69) is 15.5 Å². The summed E-state index contributed by atoms with van der Waals surface area (Å²) in [5, 5.41) is 11.8. The number of rotatable bonds is 2. The molecule has 0 saturated carbocycles. The summed E-state index contributed by atoms with van der Waals surface area (Å²) in [5.41, 5.74) is 2.59. The lowest BCUT2D eigenvalue weighted by atomic mass is 10.1. The van der Waals surface area contributed by atoms with Crippen molar-refractivity contribution in [1.82, 2.24) is 19.7 Å². The van der Waals surface area contributed by atoms with E-state index in [0.717, 1.165) is 17.7 Å². The molecular weight excluding hydrogens is 290 g/mol. The number of hydrogen-bond donors (Lipinski definition) is 1. The largest absolute Gasteiger partial charge is 0.372 e. The second-order valence-corrected chi connectivity index (χ2v) is 5.52. The van der Waals surface area contributed by atoms with Crippen LogP contribution in [-0.2, 0) is 20.0 Å². The summed E-state index contributed by atoms with van der Waals surface area (Å²) in [6, 6.07) is 3.64. The number of hydrogen-bond acceptors (Lipinski definition) is 4. The zero-order valence-corrected chi connectivity index (χ0v) is 12.7. The number of aromatic nitrogens is 3. The van der Waals surface area contributed by atoms with Crippen LogP contribution in [0.1, 0.15) is 21.7 Å². The highest BCUT2D eigenvalue weighted by atomic mass is 35.5. The minimum Gasteiger partial charge on any atom is -0.372 e. The highest BCUT2D eigenvalue weighted by molar-refractivity contribution is 6.31. The summed E-state index contributed by atoms with van der Waals surface area (Å²) in [6.45, 7) is 1.18. The third-order valence-electron chi connectivity index (χ3n) is 3.67. The molecule has 2 aromatic rings. The predicted molar refractivity (Wildman–Crippen MR) is 80.4 cm³/mol. The van der Waals surface area contributed by atoms with Crippen molar-refractivity contribution in [3.63, 3.8) is 0 Å². The first-order chi connectivity index (χ1) is 10.1. The molecule has 1 aliphatic rings. The Morgan fingerprint density at radius 3 is 2.86 bits per heavy atom. The van der Waals surface area contributed by atoms with Crippen molar-refractivity contribution in [2.75, 3.05) is 18.9 Å². The van der Waals surface area contributed by atoms with E-state index in [9.17, 15) is 4.79 Å². The SMILES string of the molecule is CNc1cc2c(nn1)CCN(C(=O)c1cc(Cl)cn1C)C2. The number of nitrogens with one attached hydrogen (secondary N) is 1. The second kappa shape index (κ2) is 5.37. The van der Waals surface area contributed by atoms with Gasteiger partial charge in [-0.2, -0.15) is 5.10 Å². The first kappa shape index (κ1) is 13.9. The molecule has 1 aliphatic heterocycles. The number of halogens is 1. The maximum Gasteiger partial charge on any atom is 0.270 e. The summed E-state index contributed by atoms with van der Waals surface area (Å²) in [5.74, 6) is 0.697. The summed E-state index contributed by atoms with van der Waals surface area (Å²) >= 11 is 5.95. The Morgan fingerprint density at radius 1 is 1.38 bits per heavy atom.